The number of anilines is 2. The first-order valence-corrected chi connectivity index (χ1v) is 15.1. The average molecular weight is 689 g/mol. The zero-order valence-corrected chi connectivity index (χ0v) is 25.5. The minimum atomic E-state index is -4.61. The van der Waals surface area contributed by atoms with Crippen LogP contribution in [0.4, 0.5) is 37.7 Å². The molecule has 46 heavy (non-hydrogen) atoms. The molecule has 244 valence electrons. The Morgan fingerprint density at radius 2 is 1.67 bits per heavy atom. The minimum absolute atomic E-state index is 0.0642. The van der Waals surface area contributed by atoms with Crippen LogP contribution in [-0.4, -0.2) is 56.8 Å². The van der Waals surface area contributed by atoms with Crippen LogP contribution in [0.5, 0.6) is 5.19 Å². The monoisotopic (exact) mass is 688 g/mol. The fraction of sp³-hybridized carbons (Fsp3) is 0.231. The third-order valence-corrected chi connectivity index (χ3v) is 7.63. The van der Waals surface area contributed by atoms with Crippen molar-refractivity contribution in [1.29, 1.82) is 0 Å². The fourth-order valence-electron chi connectivity index (χ4n) is 3.64. The number of aryl methyl sites for hydroxylation is 1. The molecule has 0 bridgehead atoms. The van der Waals surface area contributed by atoms with Gasteiger partial charge in [0.1, 0.15) is 23.1 Å². The Bertz CT molecular complexity index is 1930. The van der Waals surface area contributed by atoms with Gasteiger partial charge in [0.25, 0.3) is 32.1 Å². The molecule has 1 amide bonds. The van der Waals surface area contributed by atoms with E-state index in [0.717, 1.165) is 22.7 Å². The molecule has 0 aliphatic rings. The SMILES string of the molecule is CC(C)N(C(=O)COc1nnc(C(F)(F)F)s1)c1ccc(F)cc1.Cc1ccn2nc(S(=O)(=O)Nc3c(F)cccc3F)nc2n1. The van der Waals surface area contributed by atoms with Gasteiger partial charge in [-0.2, -0.15) is 26.6 Å². The number of amides is 1. The van der Waals surface area contributed by atoms with E-state index >= 15 is 0 Å². The number of hydrogen-bond donors (Lipinski definition) is 1. The lowest BCUT2D eigenvalue weighted by Gasteiger charge is -2.26. The molecule has 0 fully saturated rings. The van der Waals surface area contributed by atoms with Crippen molar-refractivity contribution >= 4 is 44.4 Å². The number of nitrogens with zero attached hydrogens (tertiary/aromatic N) is 7. The lowest BCUT2D eigenvalue weighted by molar-refractivity contribution is -0.138. The number of carbonyl (C=O) groups is 1. The van der Waals surface area contributed by atoms with E-state index in [1.54, 1.807) is 31.6 Å². The zero-order chi connectivity index (χ0) is 33.8. The second kappa shape index (κ2) is 13.6. The number of ether oxygens (including phenoxy) is 1. The summed E-state index contributed by atoms with van der Waals surface area (Å²) in [5.41, 5.74) is 0.288. The number of halogens is 6. The number of sulfonamides is 1. The smallest absolute Gasteiger partial charge is 0.445 e. The van der Waals surface area contributed by atoms with Crippen LogP contribution in [0.3, 0.4) is 0 Å². The van der Waals surface area contributed by atoms with Crippen molar-refractivity contribution in [2.45, 2.75) is 38.1 Å². The maximum atomic E-state index is 13.5. The number of hydrogen-bond acceptors (Lipinski definition) is 10. The van der Waals surface area contributed by atoms with E-state index in [0.29, 0.717) is 11.4 Å². The van der Waals surface area contributed by atoms with Crippen molar-refractivity contribution in [1.82, 2.24) is 29.8 Å². The van der Waals surface area contributed by atoms with E-state index in [9.17, 15) is 39.6 Å². The molecule has 1 N–H and O–H groups in total. The number of alkyl halides is 3. The highest BCUT2D eigenvalue weighted by atomic mass is 32.2. The lowest BCUT2D eigenvalue weighted by Crippen LogP contribution is -2.40. The summed E-state index contributed by atoms with van der Waals surface area (Å²) in [5, 5.41) is 7.81. The van der Waals surface area contributed by atoms with Crippen LogP contribution in [0.2, 0.25) is 0 Å². The van der Waals surface area contributed by atoms with Gasteiger partial charge in [-0.25, -0.2) is 22.7 Å². The molecule has 3 heterocycles. The van der Waals surface area contributed by atoms with Crippen molar-refractivity contribution in [2.24, 2.45) is 0 Å². The van der Waals surface area contributed by atoms with Gasteiger partial charge in [-0.1, -0.05) is 22.5 Å². The van der Waals surface area contributed by atoms with Crippen LogP contribution in [0, 0.1) is 24.4 Å². The summed E-state index contributed by atoms with van der Waals surface area (Å²) in [6, 6.07) is 9.62. The van der Waals surface area contributed by atoms with Crippen LogP contribution >= 0.6 is 11.3 Å². The summed E-state index contributed by atoms with van der Waals surface area (Å²) in [6.45, 7) is 4.68. The largest absolute Gasteiger partial charge is 0.459 e. The molecule has 0 atom stereocenters. The topological polar surface area (TPSA) is 145 Å². The van der Waals surface area contributed by atoms with Crippen LogP contribution in [0.1, 0.15) is 24.5 Å². The molecule has 12 nitrogen and oxygen atoms in total. The summed E-state index contributed by atoms with van der Waals surface area (Å²) in [6.07, 6.45) is -3.13. The Labute approximate surface area is 260 Å². The molecule has 3 aromatic heterocycles. The van der Waals surface area contributed by atoms with E-state index in [1.165, 1.54) is 35.4 Å². The van der Waals surface area contributed by atoms with Crippen molar-refractivity contribution in [3.8, 4) is 5.19 Å². The Morgan fingerprint density at radius 1 is 1.02 bits per heavy atom. The van der Waals surface area contributed by atoms with Gasteiger partial charge < -0.3 is 9.64 Å². The summed E-state index contributed by atoms with van der Waals surface area (Å²) < 4.78 is 110. The van der Waals surface area contributed by atoms with Crippen LogP contribution in [-0.2, 0) is 21.0 Å². The van der Waals surface area contributed by atoms with Crippen molar-refractivity contribution in [2.75, 3.05) is 16.2 Å². The number of benzene rings is 2. The molecule has 0 aliphatic heterocycles. The molecule has 0 saturated carbocycles. The Hall–Kier alpha value is -4.85. The highest BCUT2D eigenvalue weighted by Gasteiger charge is 2.36. The number of fused-ring (bicyclic) bond motifs is 1. The first-order valence-electron chi connectivity index (χ1n) is 12.8. The van der Waals surface area contributed by atoms with Gasteiger partial charge in [0.05, 0.1) is 0 Å². The minimum Gasteiger partial charge on any atom is -0.459 e. The molecule has 2 aromatic carbocycles. The van der Waals surface area contributed by atoms with Gasteiger partial charge in [-0.05, 0) is 63.2 Å². The van der Waals surface area contributed by atoms with E-state index in [4.69, 9.17) is 4.74 Å². The Balaban J connectivity index is 0.000000209. The molecule has 0 radical (unpaired) electrons. The number of aromatic nitrogens is 6. The van der Waals surface area contributed by atoms with Crippen LogP contribution < -0.4 is 14.4 Å². The highest BCUT2D eigenvalue weighted by Crippen LogP contribution is 2.34. The standard InChI is InChI=1S/C14H13F4N3O2S.C12H9F2N5O2S/c1-8(2)21(10-5-3-9(15)4-6-10)11(22)7-23-13-20-19-12(24-13)14(16,17)18;1-7-5-6-19-11(15-7)16-12(17-19)22(20,21)18-10-8(13)3-2-4-9(10)14/h3-6,8H,7H2,1-2H3;2-6,18H,1H3. The Morgan fingerprint density at radius 3 is 2.26 bits per heavy atom. The zero-order valence-electron chi connectivity index (χ0n) is 23.8. The van der Waals surface area contributed by atoms with Gasteiger partial charge in [0.15, 0.2) is 6.61 Å². The van der Waals surface area contributed by atoms with Gasteiger partial charge in [-0.15, -0.1) is 10.2 Å². The van der Waals surface area contributed by atoms with Gasteiger partial charge in [0, 0.05) is 23.6 Å². The van der Waals surface area contributed by atoms with E-state index in [2.05, 4.69) is 25.3 Å². The number of nitrogens with one attached hydrogen (secondary N) is 1. The fourth-order valence-corrected chi connectivity index (χ4v) is 5.16. The molecular formula is C26H22F6N8O4S2. The quantitative estimate of drug-likeness (QED) is 0.222. The van der Waals surface area contributed by atoms with Crippen LogP contribution in [0.15, 0.2) is 59.9 Å². The first kappa shape index (κ1) is 34.0. The van der Waals surface area contributed by atoms with Gasteiger partial charge in [-0.3, -0.25) is 9.52 Å². The van der Waals surface area contributed by atoms with Crippen molar-refractivity contribution < 1.29 is 44.3 Å². The molecule has 0 saturated heterocycles. The molecular weight excluding hydrogens is 666 g/mol. The molecule has 20 heteroatoms. The summed E-state index contributed by atoms with van der Waals surface area (Å²) in [5.74, 6) is -2.96. The van der Waals surface area contributed by atoms with Crippen LogP contribution in [0.25, 0.3) is 5.78 Å². The number of para-hydroxylation sites is 1. The molecule has 5 rings (SSSR count). The third kappa shape index (κ3) is 8.24. The van der Waals surface area contributed by atoms with E-state index < -0.39 is 62.0 Å². The summed E-state index contributed by atoms with van der Waals surface area (Å²) in [7, 11) is -4.35. The predicted octanol–water partition coefficient (Wildman–Crippen LogP) is 5.03. The summed E-state index contributed by atoms with van der Waals surface area (Å²) in [4.78, 5) is 21.4. The first-order chi connectivity index (χ1) is 21.5. The molecule has 0 spiro atoms. The summed E-state index contributed by atoms with van der Waals surface area (Å²) >= 11 is 0.210. The number of carbonyl (C=O) groups excluding carboxylic acids is 1. The number of rotatable bonds is 8. The molecule has 0 unspecified atom stereocenters. The van der Waals surface area contributed by atoms with Crippen molar-refractivity contribution in [3.63, 3.8) is 0 Å². The second-order valence-corrected chi connectivity index (χ2v) is 11.9. The third-order valence-electron chi connectivity index (χ3n) is 5.62. The molecule has 0 aliphatic carbocycles. The van der Waals surface area contributed by atoms with Gasteiger partial charge >= 0.3 is 6.18 Å². The highest BCUT2D eigenvalue weighted by molar-refractivity contribution is 7.92. The maximum absolute atomic E-state index is 13.5. The normalized spacial score (nSPS) is 11.7. The Kier molecular flexibility index (Phi) is 10.1. The van der Waals surface area contributed by atoms with Gasteiger partial charge in [0.2, 0.25) is 5.01 Å². The maximum Gasteiger partial charge on any atom is 0.445 e. The van der Waals surface area contributed by atoms with Crippen molar-refractivity contribution in [3.05, 3.63) is 82.9 Å². The average Bonchev–Trinajstić information content (AvgIpc) is 3.63. The van der Waals surface area contributed by atoms with E-state index in [-0.39, 0.29) is 28.3 Å². The second-order valence-electron chi connectivity index (χ2n) is 9.40. The predicted molar refractivity (Wildman–Crippen MR) is 152 cm³/mol. The van der Waals surface area contributed by atoms with E-state index in [1.807, 2.05) is 0 Å². The lowest BCUT2D eigenvalue weighted by atomic mass is 10.2. The molecule has 5 aromatic rings.